The van der Waals surface area contributed by atoms with E-state index in [0.717, 1.165) is 43.6 Å². The van der Waals surface area contributed by atoms with Crippen molar-refractivity contribution in [3.05, 3.63) is 52.8 Å². The lowest BCUT2D eigenvalue weighted by Crippen LogP contribution is -2.44. The molecule has 5 rings (SSSR count). The van der Waals surface area contributed by atoms with Gasteiger partial charge in [-0.05, 0) is 74.1 Å². The SMILES string of the molecule is O=C(c1ccc(C2CC2)cc1)N(C1CC1)C1CCc2[nH]ncc2C1. The summed E-state index contributed by atoms with van der Waals surface area (Å²) >= 11 is 0. The van der Waals surface area contributed by atoms with E-state index < -0.39 is 0 Å². The molecule has 1 aromatic heterocycles. The first-order chi connectivity index (χ1) is 11.8. The first-order valence-corrected chi connectivity index (χ1v) is 9.23. The highest BCUT2D eigenvalue weighted by Gasteiger charge is 2.39. The molecule has 0 saturated heterocycles. The average Bonchev–Trinajstić information content (AvgIpc) is 3.53. The maximum absolute atomic E-state index is 13.2. The van der Waals surface area contributed by atoms with Crippen LogP contribution in [0.25, 0.3) is 0 Å². The van der Waals surface area contributed by atoms with E-state index >= 15 is 0 Å². The summed E-state index contributed by atoms with van der Waals surface area (Å²) in [5, 5.41) is 7.26. The molecule has 1 amide bonds. The Bertz CT molecular complexity index is 755. The number of carbonyl (C=O) groups excluding carboxylic acids is 1. The van der Waals surface area contributed by atoms with Crippen LogP contribution in [0.5, 0.6) is 0 Å². The maximum atomic E-state index is 13.2. The van der Waals surface area contributed by atoms with E-state index in [1.807, 2.05) is 18.3 Å². The van der Waals surface area contributed by atoms with Crippen molar-refractivity contribution in [2.75, 3.05) is 0 Å². The van der Waals surface area contributed by atoms with Crippen LogP contribution < -0.4 is 0 Å². The fraction of sp³-hybridized carbons (Fsp3) is 0.500. The Morgan fingerprint density at radius 3 is 2.54 bits per heavy atom. The molecule has 1 atom stereocenters. The van der Waals surface area contributed by atoms with Gasteiger partial charge >= 0.3 is 0 Å². The fourth-order valence-electron chi connectivity index (χ4n) is 4.08. The van der Waals surface area contributed by atoms with Crippen LogP contribution in [0.2, 0.25) is 0 Å². The van der Waals surface area contributed by atoms with Gasteiger partial charge in [-0.15, -0.1) is 0 Å². The van der Waals surface area contributed by atoms with Crippen LogP contribution >= 0.6 is 0 Å². The number of fused-ring (bicyclic) bond motifs is 1. The summed E-state index contributed by atoms with van der Waals surface area (Å²) in [4.78, 5) is 15.4. The van der Waals surface area contributed by atoms with Gasteiger partial charge in [0.25, 0.3) is 5.91 Å². The first-order valence-electron chi connectivity index (χ1n) is 9.23. The predicted octanol–water partition coefficient (Wildman–Crippen LogP) is 3.45. The third-order valence-corrected chi connectivity index (χ3v) is 5.77. The third-order valence-electron chi connectivity index (χ3n) is 5.77. The molecular formula is C20H23N3O. The second-order valence-corrected chi connectivity index (χ2v) is 7.61. The van der Waals surface area contributed by atoms with Crippen LogP contribution in [0, 0.1) is 0 Å². The molecule has 1 unspecified atom stereocenters. The van der Waals surface area contributed by atoms with E-state index in [9.17, 15) is 4.79 Å². The third kappa shape index (κ3) is 2.54. The summed E-state index contributed by atoms with van der Waals surface area (Å²) in [5.41, 5.74) is 4.78. The Hall–Kier alpha value is -2.10. The second kappa shape index (κ2) is 5.47. The van der Waals surface area contributed by atoms with Gasteiger partial charge in [-0.3, -0.25) is 9.89 Å². The van der Waals surface area contributed by atoms with Crippen molar-refractivity contribution < 1.29 is 4.79 Å². The number of aromatic nitrogens is 2. The van der Waals surface area contributed by atoms with Crippen LogP contribution in [0.15, 0.2) is 30.5 Å². The Morgan fingerprint density at radius 1 is 1.04 bits per heavy atom. The lowest BCUT2D eigenvalue weighted by atomic mass is 9.91. The van der Waals surface area contributed by atoms with Crippen LogP contribution in [0.4, 0.5) is 0 Å². The minimum absolute atomic E-state index is 0.219. The smallest absolute Gasteiger partial charge is 0.254 e. The molecule has 124 valence electrons. The van der Waals surface area contributed by atoms with Crippen molar-refractivity contribution in [3.63, 3.8) is 0 Å². The molecule has 0 radical (unpaired) electrons. The molecule has 1 heterocycles. The lowest BCUT2D eigenvalue weighted by molar-refractivity contribution is 0.0643. The molecule has 4 heteroatoms. The number of H-pyrrole nitrogens is 1. The van der Waals surface area contributed by atoms with E-state index in [1.165, 1.54) is 29.7 Å². The van der Waals surface area contributed by atoms with Gasteiger partial charge in [0.15, 0.2) is 0 Å². The number of benzene rings is 1. The van der Waals surface area contributed by atoms with Crippen molar-refractivity contribution in [1.82, 2.24) is 15.1 Å². The van der Waals surface area contributed by atoms with Crippen LogP contribution in [-0.2, 0) is 12.8 Å². The van der Waals surface area contributed by atoms with E-state index in [-0.39, 0.29) is 5.91 Å². The molecule has 4 nitrogen and oxygen atoms in total. The summed E-state index contributed by atoms with van der Waals surface area (Å²) in [6.45, 7) is 0. The fourth-order valence-corrected chi connectivity index (χ4v) is 4.08. The molecule has 0 aliphatic heterocycles. The standard InChI is InChI=1S/C20H23N3O/c24-20(15-5-3-14(4-6-15)13-1-2-13)23(17-7-8-17)18-9-10-19-16(11-18)12-21-22-19/h3-6,12-13,17-18H,1-2,7-11H2,(H,21,22). The Morgan fingerprint density at radius 2 is 1.83 bits per heavy atom. The molecule has 0 bridgehead atoms. The molecule has 0 spiro atoms. The van der Waals surface area contributed by atoms with Crippen molar-refractivity contribution in [2.24, 2.45) is 0 Å². The molecule has 2 aromatic rings. The van der Waals surface area contributed by atoms with Gasteiger partial charge in [0.1, 0.15) is 0 Å². The molecule has 2 fully saturated rings. The highest BCUT2D eigenvalue weighted by atomic mass is 16.2. The molecule has 24 heavy (non-hydrogen) atoms. The van der Waals surface area contributed by atoms with Gasteiger partial charge in [-0.25, -0.2) is 0 Å². The average molecular weight is 321 g/mol. The van der Waals surface area contributed by atoms with Crippen molar-refractivity contribution >= 4 is 5.91 Å². The normalized spacial score (nSPS) is 22.9. The zero-order chi connectivity index (χ0) is 16.1. The minimum atomic E-state index is 0.219. The first kappa shape index (κ1) is 14.3. The van der Waals surface area contributed by atoms with Crippen molar-refractivity contribution in [2.45, 2.75) is 62.9 Å². The van der Waals surface area contributed by atoms with E-state index in [2.05, 4.69) is 27.2 Å². The predicted molar refractivity (Wildman–Crippen MR) is 92.0 cm³/mol. The minimum Gasteiger partial charge on any atom is -0.332 e. The highest BCUT2D eigenvalue weighted by molar-refractivity contribution is 5.95. The second-order valence-electron chi connectivity index (χ2n) is 7.61. The Kier molecular flexibility index (Phi) is 3.25. The molecule has 1 N–H and O–H groups in total. The number of aryl methyl sites for hydroxylation is 1. The lowest BCUT2D eigenvalue weighted by Gasteiger charge is -2.34. The number of hydrogen-bond acceptors (Lipinski definition) is 2. The van der Waals surface area contributed by atoms with Crippen LogP contribution in [0.3, 0.4) is 0 Å². The summed E-state index contributed by atoms with van der Waals surface area (Å²) in [6, 6.07) is 9.16. The number of carbonyl (C=O) groups is 1. The van der Waals surface area contributed by atoms with Crippen molar-refractivity contribution in [3.8, 4) is 0 Å². The molecule has 2 saturated carbocycles. The van der Waals surface area contributed by atoms with Gasteiger partial charge in [-0.2, -0.15) is 5.10 Å². The largest absolute Gasteiger partial charge is 0.332 e. The number of aromatic amines is 1. The number of nitrogens with zero attached hydrogens (tertiary/aromatic N) is 2. The molecule has 3 aliphatic rings. The van der Waals surface area contributed by atoms with E-state index in [1.54, 1.807) is 0 Å². The summed E-state index contributed by atoms with van der Waals surface area (Å²) in [6.07, 6.45) is 9.82. The molecule has 1 aromatic carbocycles. The molecule has 3 aliphatic carbocycles. The van der Waals surface area contributed by atoms with Gasteiger partial charge in [0, 0.05) is 23.3 Å². The monoisotopic (exact) mass is 321 g/mol. The van der Waals surface area contributed by atoms with Gasteiger partial charge in [-0.1, -0.05) is 12.1 Å². The number of hydrogen-bond donors (Lipinski definition) is 1. The Balaban J connectivity index is 1.38. The Labute approximate surface area is 142 Å². The van der Waals surface area contributed by atoms with E-state index in [0.29, 0.717) is 12.1 Å². The summed E-state index contributed by atoms with van der Waals surface area (Å²) < 4.78 is 0. The van der Waals surface area contributed by atoms with Gasteiger partial charge in [0.2, 0.25) is 0 Å². The zero-order valence-electron chi connectivity index (χ0n) is 13.9. The molecular weight excluding hydrogens is 298 g/mol. The number of rotatable bonds is 4. The topological polar surface area (TPSA) is 49.0 Å². The summed E-state index contributed by atoms with van der Waals surface area (Å²) in [5.74, 6) is 0.961. The van der Waals surface area contributed by atoms with Gasteiger partial charge in [0.05, 0.1) is 6.20 Å². The maximum Gasteiger partial charge on any atom is 0.254 e. The van der Waals surface area contributed by atoms with Crippen LogP contribution in [0.1, 0.15) is 65.2 Å². The van der Waals surface area contributed by atoms with Crippen molar-refractivity contribution in [1.29, 1.82) is 0 Å². The number of nitrogens with one attached hydrogen (secondary N) is 1. The van der Waals surface area contributed by atoms with Gasteiger partial charge < -0.3 is 4.90 Å². The zero-order valence-corrected chi connectivity index (χ0v) is 13.9. The summed E-state index contributed by atoms with van der Waals surface area (Å²) in [7, 11) is 0. The highest BCUT2D eigenvalue weighted by Crippen LogP contribution is 2.40. The van der Waals surface area contributed by atoms with Crippen LogP contribution in [-0.4, -0.2) is 33.1 Å². The number of amides is 1. The van der Waals surface area contributed by atoms with E-state index in [4.69, 9.17) is 0 Å². The quantitative estimate of drug-likeness (QED) is 0.937.